The van der Waals surface area contributed by atoms with Gasteiger partial charge in [-0.1, -0.05) is 18.2 Å². The van der Waals surface area contributed by atoms with Gasteiger partial charge >= 0.3 is 0 Å². The Morgan fingerprint density at radius 3 is 2.76 bits per heavy atom. The number of nitrogens with one attached hydrogen (secondary N) is 1. The molecule has 1 aliphatic heterocycles. The molecule has 2 aromatic carbocycles. The van der Waals surface area contributed by atoms with Crippen molar-refractivity contribution in [2.45, 2.75) is 13.0 Å². The molecule has 1 N–H and O–H groups in total. The summed E-state index contributed by atoms with van der Waals surface area (Å²) in [6.45, 7) is 1.75. The summed E-state index contributed by atoms with van der Waals surface area (Å²) < 4.78 is 25.9. The third-order valence-corrected chi connectivity index (χ3v) is 3.93. The number of rotatable bonds is 3. The fraction of sp³-hybridized carbons (Fsp3) is 0.250. The third-order valence-electron chi connectivity index (χ3n) is 3.27. The monoisotopic (exact) mass is 351 g/mol. The summed E-state index contributed by atoms with van der Waals surface area (Å²) in [6, 6.07) is 10.7. The maximum Gasteiger partial charge on any atom is 0.166 e. The van der Waals surface area contributed by atoms with Crippen molar-refractivity contribution >= 4 is 21.6 Å². The molecule has 0 bridgehead atoms. The molecule has 0 spiro atoms. The van der Waals surface area contributed by atoms with E-state index in [4.69, 9.17) is 9.47 Å². The molecule has 2 aromatic rings. The van der Waals surface area contributed by atoms with E-state index >= 15 is 0 Å². The lowest BCUT2D eigenvalue weighted by Gasteiger charge is -2.14. The predicted molar refractivity (Wildman–Crippen MR) is 83.5 cm³/mol. The minimum atomic E-state index is -0.288. The second-order valence-corrected chi connectivity index (χ2v) is 5.60. The molecular formula is C16H15BrFNO2. The van der Waals surface area contributed by atoms with Gasteiger partial charge in [-0.15, -0.1) is 0 Å². The molecule has 0 amide bonds. The SMILES string of the molecule is Fc1cccc(Br)c1NCc1cccc2c1OCCCO2. The van der Waals surface area contributed by atoms with Gasteiger partial charge in [0.2, 0.25) is 0 Å². The van der Waals surface area contributed by atoms with E-state index in [1.165, 1.54) is 6.07 Å². The van der Waals surface area contributed by atoms with E-state index in [2.05, 4.69) is 21.2 Å². The van der Waals surface area contributed by atoms with Crippen LogP contribution in [0.15, 0.2) is 40.9 Å². The molecule has 0 saturated heterocycles. The van der Waals surface area contributed by atoms with Crippen LogP contribution in [0.1, 0.15) is 12.0 Å². The van der Waals surface area contributed by atoms with E-state index in [1.807, 2.05) is 18.2 Å². The van der Waals surface area contributed by atoms with Crippen molar-refractivity contribution in [3.63, 3.8) is 0 Å². The van der Waals surface area contributed by atoms with Crippen LogP contribution in [0.4, 0.5) is 10.1 Å². The molecule has 0 aromatic heterocycles. The predicted octanol–water partition coefficient (Wildman–Crippen LogP) is 4.36. The van der Waals surface area contributed by atoms with Crippen LogP contribution in [-0.2, 0) is 6.54 Å². The third kappa shape index (κ3) is 3.13. The Hall–Kier alpha value is -1.75. The van der Waals surface area contributed by atoms with E-state index in [0.29, 0.717) is 29.9 Å². The van der Waals surface area contributed by atoms with Crippen molar-refractivity contribution in [1.29, 1.82) is 0 Å². The minimum absolute atomic E-state index is 0.288. The maximum atomic E-state index is 13.8. The van der Waals surface area contributed by atoms with Crippen LogP contribution in [0.3, 0.4) is 0 Å². The van der Waals surface area contributed by atoms with Crippen LogP contribution in [0.5, 0.6) is 11.5 Å². The first kappa shape index (κ1) is 14.2. The molecule has 1 aliphatic rings. The Bertz CT molecular complexity index is 628. The first-order valence-electron chi connectivity index (χ1n) is 6.81. The highest BCUT2D eigenvalue weighted by atomic mass is 79.9. The van der Waals surface area contributed by atoms with Gasteiger partial charge in [0, 0.05) is 23.0 Å². The summed E-state index contributed by atoms with van der Waals surface area (Å²) in [5.41, 5.74) is 1.40. The fourth-order valence-corrected chi connectivity index (χ4v) is 2.73. The lowest BCUT2D eigenvalue weighted by atomic mass is 10.1. The molecule has 0 fully saturated rings. The Balaban J connectivity index is 1.83. The summed E-state index contributed by atoms with van der Waals surface area (Å²) in [5.74, 6) is 1.21. The topological polar surface area (TPSA) is 30.5 Å². The van der Waals surface area contributed by atoms with Crippen molar-refractivity contribution in [2.75, 3.05) is 18.5 Å². The molecule has 110 valence electrons. The molecule has 0 atom stereocenters. The normalized spacial score (nSPS) is 13.6. The van der Waals surface area contributed by atoms with Crippen LogP contribution in [0, 0.1) is 5.82 Å². The first-order valence-corrected chi connectivity index (χ1v) is 7.60. The molecule has 0 saturated carbocycles. The maximum absolute atomic E-state index is 13.8. The van der Waals surface area contributed by atoms with E-state index in [9.17, 15) is 4.39 Å². The summed E-state index contributed by atoms with van der Waals surface area (Å²) in [5, 5.41) is 3.11. The van der Waals surface area contributed by atoms with Gasteiger partial charge in [0.15, 0.2) is 11.5 Å². The fourth-order valence-electron chi connectivity index (χ4n) is 2.24. The van der Waals surface area contributed by atoms with Crippen LogP contribution < -0.4 is 14.8 Å². The van der Waals surface area contributed by atoms with E-state index in [1.54, 1.807) is 12.1 Å². The van der Waals surface area contributed by atoms with E-state index < -0.39 is 0 Å². The average molecular weight is 352 g/mol. The molecule has 0 unspecified atom stereocenters. The van der Waals surface area contributed by atoms with Gasteiger partial charge in [0.1, 0.15) is 5.82 Å². The molecule has 21 heavy (non-hydrogen) atoms. The Morgan fingerprint density at radius 1 is 1.10 bits per heavy atom. The Kier molecular flexibility index (Phi) is 4.29. The van der Waals surface area contributed by atoms with Crippen molar-refractivity contribution in [3.05, 3.63) is 52.3 Å². The van der Waals surface area contributed by atoms with Gasteiger partial charge in [-0.2, -0.15) is 0 Å². The number of hydrogen-bond donors (Lipinski definition) is 1. The van der Waals surface area contributed by atoms with Gasteiger partial charge in [-0.05, 0) is 34.1 Å². The number of fused-ring (bicyclic) bond motifs is 1. The number of anilines is 1. The quantitative estimate of drug-likeness (QED) is 0.890. The van der Waals surface area contributed by atoms with Crippen LogP contribution in [0.25, 0.3) is 0 Å². The van der Waals surface area contributed by atoms with Gasteiger partial charge in [0.25, 0.3) is 0 Å². The van der Waals surface area contributed by atoms with Crippen molar-refractivity contribution < 1.29 is 13.9 Å². The largest absolute Gasteiger partial charge is 0.490 e. The number of hydrogen-bond acceptors (Lipinski definition) is 3. The van der Waals surface area contributed by atoms with E-state index in [-0.39, 0.29) is 5.82 Å². The molecule has 1 heterocycles. The lowest BCUT2D eigenvalue weighted by molar-refractivity contribution is 0.296. The smallest absolute Gasteiger partial charge is 0.166 e. The standard InChI is InChI=1S/C16H15BrFNO2/c17-12-5-2-6-13(18)15(12)19-10-11-4-1-7-14-16(11)21-9-3-8-20-14/h1-2,4-7,19H,3,8-10H2. The summed E-state index contributed by atoms with van der Waals surface area (Å²) in [4.78, 5) is 0. The molecule has 3 nitrogen and oxygen atoms in total. The number of ether oxygens (including phenoxy) is 2. The average Bonchev–Trinajstić information content (AvgIpc) is 2.72. The van der Waals surface area contributed by atoms with Crippen molar-refractivity contribution in [1.82, 2.24) is 0 Å². The molecular weight excluding hydrogens is 337 g/mol. The van der Waals surface area contributed by atoms with Crippen LogP contribution in [-0.4, -0.2) is 13.2 Å². The highest BCUT2D eigenvalue weighted by Crippen LogP contribution is 2.34. The Labute approximate surface area is 131 Å². The summed E-state index contributed by atoms with van der Waals surface area (Å²) in [6.07, 6.45) is 0.862. The number of para-hydroxylation sites is 2. The molecule has 0 aliphatic carbocycles. The zero-order valence-electron chi connectivity index (χ0n) is 11.4. The number of benzene rings is 2. The molecule has 3 rings (SSSR count). The van der Waals surface area contributed by atoms with Gasteiger partial charge < -0.3 is 14.8 Å². The van der Waals surface area contributed by atoms with Gasteiger partial charge in [-0.25, -0.2) is 4.39 Å². The second-order valence-electron chi connectivity index (χ2n) is 4.75. The zero-order valence-corrected chi connectivity index (χ0v) is 13.0. The van der Waals surface area contributed by atoms with Gasteiger partial charge in [-0.3, -0.25) is 0 Å². The highest BCUT2D eigenvalue weighted by molar-refractivity contribution is 9.10. The lowest BCUT2D eigenvalue weighted by Crippen LogP contribution is -2.05. The van der Waals surface area contributed by atoms with Gasteiger partial charge in [0.05, 0.1) is 18.9 Å². The zero-order chi connectivity index (χ0) is 14.7. The Morgan fingerprint density at radius 2 is 1.90 bits per heavy atom. The second kappa shape index (κ2) is 6.35. The summed E-state index contributed by atoms with van der Waals surface area (Å²) >= 11 is 3.35. The minimum Gasteiger partial charge on any atom is -0.490 e. The van der Waals surface area contributed by atoms with Crippen molar-refractivity contribution in [2.24, 2.45) is 0 Å². The van der Waals surface area contributed by atoms with Crippen molar-refractivity contribution in [3.8, 4) is 11.5 Å². The first-order chi connectivity index (χ1) is 10.3. The molecule has 0 radical (unpaired) electrons. The van der Waals surface area contributed by atoms with Crippen LogP contribution in [0.2, 0.25) is 0 Å². The van der Waals surface area contributed by atoms with Crippen LogP contribution >= 0.6 is 15.9 Å². The number of halogens is 2. The highest BCUT2D eigenvalue weighted by Gasteiger charge is 2.15. The summed E-state index contributed by atoms with van der Waals surface area (Å²) in [7, 11) is 0. The van der Waals surface area contributed by atoms with E-state index in [0.717, 1.165) is 23.5 Å². The molecule has 5 heteroatoms.